The van der Waals surface area contributed by atoms with Gasteiger partial charge < -0.3 is 18.8 Å². The molecule has 0 saturated carbocycles. The number of methoxy groups -OCH3 is 1. The zero-order valence-corrected chi connectivity index (χ0v) is 24.3. The molecule has 1 aromatic heterocycles. The Morgan fingerprint density at radius 1 is 1.15 bits per heavy atom. The summed E-state index contributed by atoms with van der Waals surface area (Å²) >= 11 is 7.53. The maximum Gasteiger partial charge on any atom is 0.410 e. The van der Waals surface area contributed by atoms with Gasteiger partial charge in [-0.1, -0.05) is 11.6 Å². The first-order valence-electron chi connectivity index (χ1n) is 12.5. The number of carbonyl (C=O) groups is 2. The molecular weight excluding hydrogens is 545 g/mol. The Morgan fingerprint density at radius 2 is 1.87 bits per heavy atom. The molecule has 8 nitrogen and oxygen atoms in total. The number of aromatic nitrogens is 1. The molecule has 0 aliphatic carbocycles. The van der Waals surface area contributed by atoms with Crippen LogP contribution in [0.2, 0.25) is 5.02 Å². The largest absolute Gasteiger partial charge is 0.494 e. The molecule has 0 atom stereocenters. The molecule has 0 aliphatic rings. The lowest BCUT2D eigenvalue weighted by Crippen LogP contribution is -2.41. The standard InChI is InChI=1S/C28H33ClFN3O5S/c1-6-37-25(34)17-32(27(35)38-28(2,3)4)14-7-15-33-23(19-8-11-21(30)12-9-19)18-39-26(33)31-22-13-10-20(29)16-24(22)36-5/h8-13,16,18H,6-7,14-15,17H2,1-5H3/b31-26+. The third-order valence-corrected chi connectivity index (χ3v) is 6.48. The second-order valence-corrected chi connectivity index (χ2v) is 10.8. The van der Waals surface area contributed by atoms with Gasteiger partial charge in [0.15, 0.2) is 4.80 Å². The number of benzene rings is 2. The summed E-state index contributed by atoms with van der Waals surface area (Å²) in [6.07, 6.45) is -0.116. The number of halogens is 2. The molecule has 2 aromatic carbocycles. The first-order chi connectivity index (χ1) is 18.5. The van der Waals surface area contributed by atoms with E-state index in [-0.39, 0.29) is 25.5 Å². The molecule has 0 N–H and O–H groups in total. The van der Waals surface area contributed by atoms with Gasteiger partial charge in [0.2, 0.25) is 0 Å². The van der Waals surface area contributed by atoms with E-state index in [0.717, 1.165) is 11.3 Å². The SMILES string of the molecule is CCOC(=O)CN(CCCn1c(-c2ccc(F)cc2)cs/c1=N/c1ccc(Cl)cc1OC)C(=O)OC(C)(C)C. The van der Waals surface area contributed by atoms with Gasteiger partial charge in [-0.15, -0.1) is 11.3 Å². The highest BCUT2D eigenvalue weighted by atomic mass is 35.5. The third kappa shape index (κ3) is 8.83. The Kier molecular flexibility index (Phi) is 10.5. The number of amides is 1. The molecule has 0 spiro atoms. The zero-order valence-electron chi connectivity index (χ0n) is 22.7. The average molecular weight is 578 g/mol. The molecule has 0 saturated heterocycles. The number of nitrogens with zero attached hydrogens (tertiary/aromatic N) is 3. The fourth-order valence-electron chi connectivity index (χ4n) is 3.68. The van der Waals surface area contributed by atoms with Crippen LogP contribution in [-0.4, -0.2) is 53.9 Å². The van der Waals surface area contributed by atoms with Gasteiger partial charge in [-0.2, -0.15) is 0 Å². The summed E-state index contributed by atoms with van der Waals surface area (Å²) in [4.78, 5) is 31.8. The Labute approximate surface area is 236 Å². The van der Waals surface area contributed by atoms with E-state index in [4.69, 9.17) is 30.8 Å². The maximum atomic E-state index is 13.6. The Morgan fingerprint density at radius 3 is 2.51 bits per heavy atom. The summed E-state index contributed by atoms with van der Waals surface area (Å²) in [7, 11) is 1.55. The Hall–Kier alpha value is -3.37. The highest BCUT2D eigenvalue weighted by molar-refractivity contribution is 7.07. The summed E-state index contributed by atoms with van der Waals surface area (Å²) in [6, 6.07) is 11.4. The Bertz CT molecular complexity index is 1350. The van der Waals surface area contributed by atoms with Crippen molar-refractivity contribution in [3.8, 4) is 17.0 Å². The molecule has 11 heteroatoms. The van der Waals surface area contributed by atoms with Crippen LogP contribution in [0.3, 0.4) is 0 Å². The number of carbonyl (C=O) groups excluding carboxylic acids is 2. The lowest BCUT2D eigenvalue weighted by Gasteiger charge is -2.27. The van der Waals surface area contributed by atoms with E-state index in [9.17, 15) is 14.0 Å². The summed E-state index contributed by atoms with van der Waals surface area (Å²) in [6.45, 7) is 7.69. The van der Waals surface area contributed by atoms with Crippen LogP contribution in [-0.2, 0) is 20.8 Å². The van der Waals surface area contributed by atoms with Crippen LogP contribution >= 0.6 is 22.9 Å². The van der Waals surface area contributed by atoms with E-state index in [1.54, 1.807) is 65.1 Å². The highest BCUT2D eigenvalue weighted by Gasteiger charge is 2.24. The molecule has 1 amide bonds. The van der Waals surface area contributed by atoms with Gasteiger partial charge >= 0.3 is 12.1 Å². The normalized spacial score (nSPS) is 11.8. The molecular formula is C28H33ClFN3O5S. The number of hydrogen-bond donors (Lipinski definition) is 0. The minimum atomic E-state index is -0.717. The van der Waals surface area contributed by atoms with E-state index >= 15 is 0 Å². The average Bonchev–Trinajstić information content (AvgIpc) is 3.26. The first kappa shape index (κ1) is 30.2. The maximum absolute atomic E-state index is 13.6. The molecule has 39 heavy (non-hydrogen) atoms. The summed E-state index contributed by atoms with van der Waals surface area (Å²) < 4.78 is 31.6. The van der Waals surface area contributed by atoms with Gasteiger partial charge in [-0.05, 0) is 76.1 Å². The minimum absolute atomic E-state index is 0.214. The summed E-state index contributed by atoms with van der Waals surface area (Å²) in [5.74, 6) is -0.316. The molecule has 0 fully saturated rings. The van der Waals surface area contributed by atoms with E-state index in [0.29, 0.717) is 34.2 Å². The van der Waals surface area contributed by atoms with E-state index in [1.165, 1.54) is 28.4 Å². The number of thiazole rings is 1. The predicted molar refractivity (Wildman–Crippen MR) is 150 cm³/mol. The van der Waals surface area contributed by atoms with Gasteiger partial charge in [0, 0.05) is 29.6 Å². The van der Waals surface area contributed by atoms with E-state index < -0.39 is 17.7 Å². The number of esters is 1. The monoisotopic (exact) mass is 577 g/mol. The number of rotatable bonds is 10. The van der Waals surface area contributed by atoms with Crippen molar-refractivity contribution in [2.75, 3.05) is 26.8 Å². The van der Waals surface area contributed by atoms with Crippen LogP contribution in [0.25, 0.3) is 11.3 Å². The van der Waals surface area contributed by atoms with Crippen molar-refractivity contribution in [3.63, 3.8) is 0 Å². The molecule has 0 unspecified atom stereocenters. The fourth-order valence-corrected chi connectivity index (χ4v) is 4.79. The van der Waals surface area contributed by atoms with Crippen molar-refractivity contribution < 1.29 is 28.2 Å². The summed E-state index contributed by atoms with van der Waals surface area (Å²) in [5, 5.41) is 2.47. The predicted octanol–water partition coefficient (Wildman–Crippen LogP) is 6.44. The quantitative estimate of drug-likeness (QED) is 0.259. The van der Waals surface area contributed by atoms with Crippen LogP contribution in [0.4, 0.5) is 14.9 Å². The van der Waals surface area contributed by atoms with Crippen molar-refractivity contribution in [2.45, 2.75) is 46.3 Å². The van der Waals surface area contributed by atoms with Crippen molar-refractivity contribution in [2.24, 2.45) is 4.99 Å². The van der Waals surface area contributed by atoms with E-state index in [2.05, 4.69) is 0 Å². The molecule has 210 valence electrons. The topological polar surface area (TPSA) is 82.4 Å². The van der Waals surface area contributed by atoms with Gasteiger partial charge in [0.25, 0.3) is 0 Å². The summed E-state index contributed by atoms with van der Waals surface area (Å²) in [5.41, 5.74) is 1.53. The van der Waals surface area contributed by atoms with E-state index in [1.807, 2.05) is 9.95 Å². The zero-order chi connectivity index (χ0) is 28.6. The van der Waals surface area contributed by atoms with Crippen LogP contribution in [0.15, 0.2) is 52.8 Å². The van der Waals surface area contributed by atoms with Gasteiger partial charge in [-0.25, -0.2) is 14.2 Å². The van der Waals surface area contributed by atoms with Crippen molar-refractivity contribution in [3.05, 3.63) is 63.5 Å². The molecule has 3 aromatic rings. The second kappa shape index (κ2) is 13.6. The second-order valence-electron chi connectivity index (χ2n) is 9.55. The van der Waals surface area contributed by atoms with Crippen LogP contribution in [0.5, 0.6) is 5.75 Å². The fraction of sp³-hybridized carbons (Fsp3) is 0.393. The molecule has 0 bridgehead atoms. The number of hydrogen-bond acceptors (Lipinski definition) is 7. The van der Waals surface area contributed by atoms with Crippen LogP contribution < -0.4 is 9.54 Å². The molecule has 0 radical (unpaired) electrons. The van der Waals surface area contributed by atoms with Crippen LogP contribution in [0.1, 0.15) is 34.1 Å². The van der Waals surface area contributed by atoms with Crippen molar-refractivity contribution in [1.82, 2.24) is 9.47 Å². The number of ether oxygens (including phenoxy) is 3. The Balaban J connectivity index is 1.94. The molecule has 3 rings (SSSR count). The highest BCUT2D eigenvalue weighted by Crippen LogP contribution is 2.30. The van der Waals surface area contributed by atoms with Gasteiger partial charge in [0.05, 0.1) is 19.4 Å². The minimum Gasteiger partial charge on any atom is -0.494 e. The molecule has 0 aliphatic heterocycles. The lowest BCUT2D eigenvalue weighted by atomic mass is 10.1. The van der Waals surface area contributed by atoms with Crippen molar-refractivity contribution >= 4 is 40.7 Å². The van der Waals surface area contributed by atoms with Gasteiger partial charge in [0.1, 0.15) is 29.4 Å². The smallest absolute Gasteiger partial charge is 0.410 e. The first-order valence-corrected chi connectivity index (χ1v) is 13.7. The lowest BCUT2D eigenvalue weighted by molar-refractivity contribution is -0.144. The van der Waals surface area contributed by atoms with Crippen molar-refractivity contribution in [1.29, 1.82) is 0 Å². The van der Waals surface area contributed by atoms with Crippen LogP contribution in [0, 0.1) is 5.82 Å². The molecule has 1 heterocycles. The third-order valence-electron chi connectivity index (χ3n) is 5.38. The van der Waals surface area contributed by atoms with Gasteiger partial charge in [-0.3, -0.25) is 9.69 Å².